The van der Waals surface area contributed by atoms with E-state index in [-0.39, 0.29) is 0 Å². The molecule has 0 radical (unpaired) electrons. The van der Waals surface area contributed by atoms with Gasteiger partial charge in [0.2, 0.25) is 0 Å². The van der Waals surface area contributed by atoms with Crippen LogP contribution >= 0.6 is 0 Å². The van der Waals surface area contributed by atoms with Gasteiger partial charge in [-0.1, -0.05) is 23.8 Å². The third-order valence-electron chi connectivity index (χ3n) is 3.84. The van der Waals surface area contributed by atoms with Crippen LogP contribution in [-0.4, -0.2) is 12.4 Å². The van der Waals surface area contributed by atoms with Crippen molar-refractivity contribution in [1.29, 1.82) is 0 Å². The van der Waals surface area contributed by atoms with Gasteiger partial charge in [0.15, 0.2) is 5.78 Å². The second kappa shape index (κ2) is 4.97. The lowest BCUT2D eigenvalue weighted by atomic mass is 9.92. The van der Waals surface area contributed by atoms with Gasteiger partial charge in [0.25, 0.3) is 0 Å². The summed E-state index contributed by atoms with van der Waals surface area (Å²) in [5.41, 5.74) is 2.61. The molecule has 0 N–H and O–H groups in total. The fraction of sp³-hybridized carbons (Fsp3) is 0.438. The third-order valence-corrected chi connectivity index (χ3v) is 3.84. The van der Waals surface area contributed by atoms with Gasteiger partial charge in [-0.05, 0) is 37.8 Å². The first-order valence-corrected chi connectivity index (χ1v) is 6.77. The van der Waals surface area contributed by atoms with Crippen LogP contribution in [0.15, 0.2) is 35.9 Å². The Hall–Kier alpha value is -1.57. The monoisotopic (exact) mass is 242 g/mol. The number of carbonyl (C=O) groups excluding carboxylic acids is 1. The Morgan fingerprint density at radius 2 is 2.00 bits per heavy atom. The molecule has 0 bridgehead atoms. The maximum Gasteiger partial charge on any atom is 0.155 e. The van der Waals surface area contributed by atoms with Gasteiger partial charge in [-0.15, -0.1) is 0 Å². The van der Waals surface area contributed by atoms with E-state index >= 15 is 0 Å². The number of carbonyl (C=O) groups is 1. The minimum atomic E-state index is 0.301. The molecule has 0 fully saturated rings. The van der Waals surface area contributed by atoms with Crippen molar-refractivity contribution in [3.05, 3.63) is 41.5 Å². The Morgan fingerprint density at radius 1 is 1.17 bits per heavy atom. The lowest BCUT2D eigenvalue weighted by Gasteiger charge is -2.11. The molecule has 2 nitrogen and oxygen atoms in total. The summed E-state index contributed by atoms with van der Waals surface area (Å²) in [7, 11) is 0. The van der Waals surface area contributed by atoms with E-state index in [1.54, 1.807) is 0 Å². The topological polar surface area (TPSA) is 26.3 Å². The molecule has 0 amide bonds. The first kappa shape index (κ1) is 11.5. The van der Waals surface area contributed by atoms with Gasteiger partial charge in [0, 0.05) is 17.9 Å². The van der Waals surface area contributed by atoms with Gasteiger partial charge >= 0.3 is 0 Å². The lowest BCUT2D eigenvalue weighted by molar-refractivity contribution is -0.114. The van der Waals surface area contributed by atoms with E-state index in [0.717, 1.165) is 44.5 Å². The zero-order valence-corrected chi connectivity index (χ0v) is 10.5. The second-order valence-corrected chi connectivity index (χ2v) is 5.23. The van der Waals surface area contributed by atoms with Crippen LogP contribution < -0.4 is 4.74 Å². The molecule has 2 heteroatoms. The summed E-state index contributed by atoms with van der Waals surface area (Å²) in [6.45, 7) is 0.755. The number of hydrogen-bond acceptors (Lipinski definition) is 2. The smallest absolute Gasteiger partial charge is 0.155 e. The Kier molecular flexibility index (Phi) is 3.18. The molecule has 3 rings (SSSR count). The molecule has 94 valence electrons. The van der Waals surface area contributed by atoms with Gasteiger partial charge in [0.05, 0.1) is 6.61 Å². The summed E-state index contributed by atoms with van der Waals surface area (Å²) in [6.07, 6.45) is 6.84. The highest BCUT2D eigenvalue weighted by Gasteiger charge is 2.24. The maximum absolute atomic E-state index is 11.6. The first-order chi connectivity index (χ1) is 8.83. The highest BCUT2D eigenvalue weighted by Crippen LogP contribution is 2.38. The Morgan fingerprint density at radius 3 is 2.94 bits per heavy atom. The molecule has 0 saturated carbocycles. The number of rotatable bonds is 2. The summed E-state index contributed by atoms with van der Waals surface area (Å²) < 4.78 is 5.70. The summed E-state index contributed by atoms with van der Waals surface area (Å²) in [5.74, 6) is 1.75. The number of ether oxygens (including phenoxy) is 1. The number of allylic oxidation sites excluding steroid dienone is 2. The van der Waals surface area contributed by atoms with Crippen LogP contribution in [0.2, 0.25) is 0 Å². The fourth-order valence-corrected chi connectivity index (χ4v) is 2.90. The number of ketones is 1. The highest BCUT2D eigenvalue weighted by atomic mass is 16.5. The van der Waals surface area contributed by atoms with Crippen molar-refractivity contribution >= 4 is 5.78 Å². The summed E-state index contributed by atoms with van der Waals surface area (Å²) in [4.78, 5) is 11.6. The van der Waals surface area contributed by atoms with Crippen LogP contribution in [0.4, 0.5) is 0 Å². The van der Waals surface area contributed by atoms with E-state index in [4.69, 9.17) is 4.74 Å². The van der Waals surface area contributed by atoms with Crippen LogP contribution in [-0.2, 0) is 4.79 Å². The Bertz CT molecular complexity index is 488. The highest BCUT2D eigenvalue weighted by molar-refractivity contribution is 5.90. The number of para-hydroxylation sites is 1. The van der Waals surface area contributed by atoms with E-state index in [0.29, 0.717) is 11.7 Å². The molecule has 1 aromatic carbocycles. The van der Waals surface area contributed by atoms with Crippen LogP contribution in [0.3, 0.4) is 0 Å². The number of fused-ring (bicyclic) bond motifs is 1. The molecule has 1 aromatic rings. The normalized spacial score (nSPS) is 23.0. The van der Waals surface area contributed by atoms with Crippen molar-refractivity contribution < 1.29 is 9.53 Å². The maximum atomic E-state index is 11.6. The predicted molar refractivity (Wildman–Crippen MR) is 70.9 cm³/mol. The fourth-order valence-electron chi connectivity index (χ4n) is 2.90. The van der Waals surface area contributed by atoms with Crippen molar-refractivity contribution in [3.8, 4) is 5.75 Å². The SMILES string of the molecule is O=C1C=C(CC2COc3ccccc32)CCCC1. The van der Waals surface area contributed by atoms with Gasteiger partial charge < -0.3 is 4.74 Å². The van der Waals surface area contributed by atoms with Crippen molar-refractivity contribution in [2.75, 3.05) is 6.61 Å². The van der Waals surface area contributed by atoms with Crippen molar-refractivity contribution in [2.45, 2.75) is 38.0 Å². The lowest BCUT2D eigenvalue weighted by Crippen LogP contribution is -2.03. The molecule has 0 saturated heterocycles. The van der Waals surface area contributed by atoms with Crippen molar-refractivity contribution in [2.24, 2.45) is 0 Å². The van der Waals surface area contributed by atoms with E-state index in [9.17, 15) is 4.79 Å². The molecule has 1 aliphatic carbocycles. The average Bonchev–Trinajstić information content (AvgIpc) is 2.66. The second-order valence-electron chi connectivity index (χ2n) is 5.23. The molecule has 1 atom stereocenters. The number of hydrogen-bond donors (Lipinski definition) is 0. The van der Waals surface area contributed by atoms with Crippen LogP contribution in [0.25, 0.3) is 0 Å². The van der Waals surface area contributed by atoms with Crippen LogP contribution in [0, 0.1) is 0 Å². The predicted octanol–water partition coefficient (Wildman–Crippen LogP) is 3.62. The van der Waals surface area contributed by atoms with Crippen LogP contribution in [0.1, 0.15) is 43.6 Å². The van der Waals surface area contributed by atoms with E-state index in [1.165, 1.54) is 11.1 Å². The molecule has 0 aromatic heterocycles. The van der Waals surface area contributed by atoms with Gasteiger partial charge in [-0.25, -0.2) is 0 Å². The van der Waals surface area contributed by atoms with E-state index < -0.39 is 0 Å². The molecular weight excluding hydrogens is 224 g/mol. The number of benzene rings is 1. The van der Waals surface area contributed by atoms with Gasteiger partial charge in [-0.2, -0.15) is 0 Å². The minimum Gasteiger partial charge on any atom is -0.493 e. The molecule has 2 aliphatic rings. The molecule has 18 heavy (non-hydrogen) atoms. The van der Waals surface area contributed by atoms with Crippen molar-refractivity contribution in [3.63, 3.8) is 0 Å². The molecular formula is C16H18O2. The average molecular weight is 242 g/mol. The zero-order valence-electron chi connectivity index (χ0n) is 10.5. The Balaban J connectivity index is 1.76. The quantitative estimate of drug-likeness (QED) is 0.791. The first-order valence-electron chi connectivity index (χ1n) is 6.77. The third kappa shape index (κ3) is 2.33. The summed E-state index contributed by atoms with van der Waals surface area (Å²) in [5, 5.41) is 0. The standard InChI is InChI=1S/C16H18O2/c17-14-6-2-1-5-12(10-14)9-13-11-18-16-8-4-3-7-15(13)16/h3-4,7-8,10,13H,1-2,5-6,9,11H2. The van der Waals surface area contributed by atoms with Gasteiger partial charge in [-0.3, -0.25) is 4.79 Å². The molecule has 1 heterocycles. The van der Waals surface area contributed by atoms with E-state index in [1.807, 2.05) is 18.2 Å². The largest absolute Gasteiger partial charge is 0.493 e. The summed E-state index contributed by atoms with van der Waals surface area (Å²) in [6, 6.07) is 8.25. The van der Waals surface area contributed by atoms with Crippen LogP contribution in [0.5, 0.6) is 5.75 Å². The molecule has 0 spiro atoms. The molecule has 1 aliphatic heterocycles. The van der Waals surface area contributed by atoms with Gasteiger partial charge in [0.1, 0.15) is 5.75 Å². The Labute approximate surface area is 108 Å². The minimum absolute atomic E-state index is 0.301. The summed E-state index contributed by atoms with van der Waals surface area (Å²) >= 11 is 0. The zero-order chi connectivity index (χ0) is 12.4. The van der Waals surface area contributed by atoms with E-state index in [2.05, 4.69) is 12.1 Å². The molecule has 1 unspecified atom stereocenters. The van der Waals surface area contributed by atoms with Crippen molar-refractivity contribution in [1.82, 2.24) is 0 Å².